The van der Waals surface area contributed by atoms with Crippen LogP contribution in [0.2, 0.25) is 0 Å². The zero-order valence-corrected chi connectivity index (χ0v) is 14.0. The van der Waals surface area contributed by atoms with Crippen LogP contribution in [0.3, 0.4) is 0 Å². The lowest BCUT2D eigenvalue weighted by atomic mass is 10.1. The van der Waals surface area contributed by atoms with Crippen molar-refractivity contribution < 1.29 is 14.3 Å². The maximum Gasteiger partial charge on any atom is 0.407 e. The minimum Gasteiger partial charge on any atom is -0.453 e. The van der Waals surface area contributed by atoms with E-state index < -0.39 is 12.1 Å². The van der Waals surface area contributed by atoms with E-state index in [0.29, 0.717) is 13.1 Å². The molecule has 6 nitrogen and oxygen atoms in total. The first-order chi connectivity index (χ1) is 11.0. The number of nitrogens with one attached hydrogen (secondary N) is 1. The lowest BCUT2D eigenvalue weighted by molar-refractivity contribution is -0.134. The van der Waals surface area contributed by atoms with Crippen LogP contribution < -0.4 is 5.32 Å². The van der Waals surface area contributed by atoms with Gasteiger partial charge in [-0.2, -0.15) is 0 Å². The number of methoxy groups -OCH3 is 1. The van der Waals surface area contributed by atoms with Crippen molar-refractivity contribution in [3.63, 3.8) is 0 Å². The number of ether oxygens (including phenoxy) is 1. The molecule has 0 aliphatic carbocycles. The highest BCUT2D eigenvalue weighted by Gasteiger charge is 2.25. The van der Waals surface area contributed by atoms with Gasteiger partial charge in [0.2, 0.25) is 5.91 Å². The van der Waals surface area contributed by atoms with Crippen molar-refractivity contribution in [2.24, 2.45) is 0 Å². The first-order valence-corrected chi connectivity index (χ1v) is 7.90. The second-order valence-electron chi connectivity index (χ2n) is 5.95. The average molecular weight is 319 g/mol. The van der Waals surface area contributed by atoms with Crippen molar-refractivity contribution in [3.8, 4) is 0 Å². The molecule has 1 aliphatic heterocycles. The van der Waals surface area contributed by atoms with Gasteiger partial charge in [-0.15, -0.1) is 0 Å². The Balaban J connectivity index is 1.81. The Hall–Kier alpha value is -2.08. The fourth-order valence-electron chi connectivity index (χ4n) is 2.77. The number of piperazine rings is 1. The molecule has 0 radical (unpaired) electrons. The van der Waals surface area contributed by atoms with Gasteiger partial charge in [-0.25, -0.2) is 4.79 Å². The van der Waals surface area contributed by atoms with E-state index in [2.05, 4.69) is 46.1 Å². The van der Waals surface area contributed by atoms with Crippen molar-refractivity contribution in [1.29, 1.82) is 0 Å². The maximum atomic E-state index is 12.3. The summed E-state index contributed by atoms with van der Waals surface area (Å²) in [4.78, 5) is 27.6. The third-order valence-corrected chi connectivity index (χ3v) is 4.06. The molecule has 23 heavy (non-hydrogen) atoms. The van der Waals surface area contributed by atoms with Crippen LogP contribution >= 0.6 is 0 Å². The smallest absolute Gasteiger partial charge is 0.407 e. The molecular weight excluding hydrogens is 294 g/mol. The van der Waals surface area contributed by atoms with Gasteiger partial charge in [0.15, 0.2) is 0 Å². The lowest BCUT2D eigenvalue weighted by Crippen LogP contribution is -2.53. The Kier molecular flexibility index (Phi) is 5.98. The summed E-state index contributed by atoms with van der Waals surface area (Å²) in [5.74, 6) is -0.0643. The van der Waals surface area contributed by atoms with E-state index in [4.69, 9.17) is 0 Å². The van der Waals surface area contributed by atoms with Crippen LogP contribution in [-0.4, -0.2) is 61.1 Å². The van der Waals surface area contributed by atoms with Crippen LogP contribution in [0, 0.1) is 6.92 Å². The number of hydrogen-bond donors (Lipinski definition) is 1. The molecule has 0 unspecified atom stereocenters. The maximum absolute atomic E-state index is 12.3. The summed E-state index contributed by atoms with van der Waals surface area (Å²) < 4.78 is 4.52. The molecule has 2 rings (SSSR count). The summed E-state index contributed by atoms with van der Waals surface area (Å²) in [6, 6.07) is 7.93. The number of nitrogens with zero attached hydrogens (tertiary/aromatic N) is 2. The first-order valence-electron chi connectivity index (χ1n) is 7.90. The molecule has 2 amide bonds. The Labute approximate surface area is 137 Å². The van der Waals surface area contributed by atoms with E-state index in [0.717, 1.165) is 19.6 Å². The monoisotopic (exact) mass is 319 g/mol. The summed E-state index contributed by atoms with van der Waals surface area (Å²) >= 11 is 0. The van der Waals surface area contributed by atoms with Crippen LogP contribution in [0.15, 0.2) is 24.3 Å². The molecule has 1 heterocycles. The molecular formula is C17H25N3O3. The Morgan fingerprint density at radius 2 is 1.96 bits per heavy atom. The predicted octanol–water partition coefficient (Wildman–Crippen LogP) is 1.38. The van der Waals surface area contributed by atoms with Gasteiger partial charge in [0.05, 0.1) is 7.11 Å². The van der Waals surface area contributed by atoms with Crippen molar-refractivity contribution in [2.75, 3.05) is 33.3 Å². The molecule has 1 saturated heterocycles. The van der Waals surface area contributed by atoms with Gasteiger partial charge in [0.1, 0.15) is 6.04 Å². The van der Waals surface area contributed by atoms with E-state index in [1.165, 1.54) is 18.2 Å². The summed E-state index contributed by atoms with van der Waals surface area (Å²) in [6.07, 6.45) is -0.580. The Bertz CT molecular complexity index is 554. The van der Waals surface area contributed by atoms with Crippen molar-refractivity contribution in [3.05, 3.63) is 35.4 Å². The van der Waals surface area contributed by atoms with Gasteiger partial charge in [0.25, 0.3) is 0 Å². The number of hydrogen-bond acceptors (Lipinski definition) is 4. The van der Waals surface area contributed by atoms with Crippen LogP contribution in [0.1, 0.15) is 18.1 Å². The number of benzene rings is 1. The first kappa shape index (κ1) is 17.3. The summed E-state index contributed by atoms with van der Waals surface area (Å²) in [7, 11) is 1.29. The molecule has 0 bridgehead atoms. The van der Waals surface area contributed by atoms with E-state index in [-0.39, 0.29) is 5.91 Å². The normalized spacial score (nSPS) is 16.7. The van der Waals surface area contributed by atoms with Gasteiger partial charge >= 0.3 is 6.09 Å². The quantitative estimate of drug-likeness (QED) is 0.911. The van der Waals surface area contributed by atoms with Crippen molar-refractivity contribution in [2.45, 2.75) is 26.4 Å². The number of rotatable bonds is 4. The van der Waals surface area contributed by atoms with Gasteiger partial charge in [0, 0.05) is 32.7 Å². The van der Waals surface area contributed by atoms with Gasteiger partial charge in [-0.1, -0.05) is 29.8 Å². The van der Waals surface area contributed by atoms with E-state index >= 15 is 0 Å². The standard InChI is InChI=1S/C17H25N3O3/c1-13-5-4-6-15(11-13)12-19-7-9-20(10-8-19)16(21)14(2)18-17(22)23-3/h4-6,11,14H,7-10,12H2,1-3H3,(H,18,22)/t14-/m1/s1. The van der Waals surface area contributed by atoms with Gasteiger partial charge in [-0.05, 0) is 19.4 Å². The molecule has 126 valence electrons. The lowest BCUT2D eigenvalue weighted by Gasteiger charge is -2.36. The Morgan fingerprint density at radius 3 is 2.57 bits per heavy atom. The minimum atomic E-state index is -0.580. The highest BCUT2D eigenvalue weighted by atomic mass is 16.5. The second-order valence-corrected chi connectivity index (χ2v) is 5.95. The molecule has 0 saturated carbocycles. The average Bonchev–Trinajstić information content (AvgIpc) is 2.54. The molecule has 0 spiro atoms. The van der Waals surface area contributed by atoms with Gasteiger partial charge in [-0.3, -0.25) is 9.69 Å². The third kappa shape index (κ3) is 4.96. The minimum absolute atomic E-state index is 0.0643. The summed E-state index contributed by atoms with van der Waals surface area (Å²) in [6.45, 7) is 7.71. The Morgan fingerprint density at radius 1 is 1.26 bits per heavy atom. The molecule has 0 aromatic heterocycles. The fraction of sp³-hybridized carbons (Fsp3) is 0.529. The number of alkyl carbamates (subject to hydrolysis) is 1. The highest BCUT2D eigenvalue weighted by molar-refractivity contribution is 5.85. The molecule has 1 aliphatic rings. The van der Waals surface area contributed by atoms with E-state index in [1.54, 1.807) is 11.8 Å². The van der Waals surface area contributed by atoms with Crippen LogP contribution in [0.25, 0.3) is 0 Å². The summed E-state index contributed by atoms with van der Waals surface area (Å²) in [5.41, 5.74) is 2.56. The number of carbonyl (C=O) groups excluding carboxylic acids is 2. The van der Waals surface area contributed by atoms with Crippen LogP contribution in [0.5, 0.6) is 0 Å². The molecule has 1 aromatic carbocycles. The van der Waals surface area contributed by atoms with E-state index in [9.17, 15) is 9.59 Å². The van der Waals surface area contributed by atoms with Crippen molar-refractivity contribution in [1.82, 2.24) is 15.1 Å². The SMILES string of the molecule is COC(=O)N[C@H](C)C(=O)N1CCN(Cc2cccc(C)c2)CC1. The second kappa shape index (κ2) is 7.97. The number of aryl methyl sites for hydroxylation is 1. The van der Waals surface area contributed by atoms with Gasteiger partial charge < -0.3 is 15.0 Å². The number of carbonyl (C=O) groups is 2. The number of amides is 2. The zero-order valence-electron chi connectivity index (χ0n) is 14.0. The fourth-order valence-corrected chi connectivity index (χ4v) is 2.77. The predicted molar refractivity (Wildman–Crippen MR) is 88.0 cm³/mol. The van der Waals surface area contributed by atoms with Crippen LogP contribution in [0.4, 0.5) is 4.79 Å². The highest BCUT2D eigenvalue weighted by Crippen LogP contribution is 2.11. The molecule has 1 fully saturated rings. The van der Waals surface area contributed by atoms with E-state index in [1.807, 2.05) is 0 Å². The largest absolute Gasteiger partial charge is 0.453 e. The summed E-state index contributed by atoms with van der Waals surface area (Å²) in [5, 5.41) is 2.52. The molecule has 1 atom stereocenters. The zero-order chi connectivity index (χ0) is 16.8. The molecule has 1 N–H and O–H groups in total. The van der Waals surface area contributed by atoms with Crippen LogP contribution in [-0.2, 0) is 16.1 Å². The van der Waals surface area contributed by atoms with Crippen molar-refractivity contribution >= 4 is 12.0 Å². The molecule has 1 aromatic rings. The topological polar surface area (TPSA) is 61.9 Å². The third-order valence-electron chi connectivity index (χ3n) is 4.06. The molecule has 6 heteroatoms.